The van der Waals surface area contributed by atoms with Crippen molar-refractivity contribution in [2.24, 2.45) is 0 Å². The molecule has 0 fully saturated rings. The number of rotatable bonds is 7. The van der Waals surface area contributed by atoms with Crippen LogP contribution in [0.4, 0.5) is 5.69 Å². The minimum Gasteiger partial charge on any atom is -0.438 e. The maximum atomic E-state index is 12.6. The lowest BCUT2D eigenvalue weighted by atomic mass is 10.1. The fourth-order valence-corrected chi connectivity index (χ4v) is 3.62. The van der Waals surface area contributed by atoms with Gasteiger partial charge in [-0.15, -0.1) is 0 Å². The molecular formula is C27H27N3O2. The Labute approximate surface area is 188 Å². The molecular weight excluding hydrogens is 398 g/mol. The maximum Gasteiger partial charge on any atom is 0.226 e. The first-order valence-electron chi connectivity index (χ1n) is 10.7. The van der Waals surface area contributed by atoms with Gasteiger partial charge in [0.05, 0.1) is 11.4 Å². The van der Waals surface area contributed by atoms with E-state index in [1.165, 1.54) is 0 Å². The first-order chi connectivity index (χ1) is 15.5. The molecule has 0 radical (unpaired) electrons. The summed E-state index contributed by atoms with van der Waals surface area (Å²) in [5.74, 6) is 1.38. The number of aromatic nitrogens is 2. The first kappa shape index (κ1) is 21.4. The number of hydrogen-bond donors (Lipinski definition) is 1. The highest BCUT2D eigenvalue weighted by atomic mass is 16.5. The van der Waals surface area contributed by atoms with Gasteiger partial charge in [0, 0.05) is 17.7 Å². The highest BCUT2D eigenvalue weighted by Gasteiger charge is 2.20. The smallest absolute Gasteiger partial charge is 0.226 e. The normalized spacial score (nSPS) is 10.7. The van der Waals surface area contributed by atoms with Gasteiger partial charge in [0.1, 0.15) is 5.75 Å². The molecule has 3 aromatic carbocycles. The molecule has 1 N–H and O–H groups in total. The van der Waals surface area contributed by atoms with E-state index in [1.54, 1.807) is 0 Å². The topological polar surface area (TPSA) is 56.2 Å². The number of ether oxygens (including phenoxy) is 1. The number of aryl methyl sites for hydroxylation is 3. The van der Waals surface area contributed by atoms with Crippen molar-refractivity contribution in [3.8, 4) is 17.3 Å². The summed E-state index contributed by atoms with van der Waals surface area (Å²) in [5.41, 5.74) is 5.68. The number of nitrogens with zero attached hydrogens (tertiary/aromatic N) is 2. The third-order valence-corrected chi connectivity index (χ3v) is 5.34. The standard InChI is InChI=1S/C27H27N3O2/c1-19-10-9-14-23(18-19)30-27(32-25-15-8-7-11-20(25)2)24(21(3)29-30)16-17-26(31)28-22-12-5-4-6-13-22/h4-15,18H,16-17H2,1-3H3,(H,28,31). The highest BCUT2D eigenvalue weighted by Crippen LogP contribution is 2.33. The molecule has 5 heteroatoms. The van der Waals surface area contributed by atoms with Gasteiger partial charge in [-0.2, -0.15) is 5.10 Å². The van der Waals surface area contributed by atoms with Crippen LogP contribution in [-0.4, -0.2) is 15.7 Å². The van der Waals surface area contributed by atoms with E-state index in [4.69, 9.17) is 9.84 Å². The molecule has 0 aliphatic heterocycles. The molecule has 4 rings (SSSR count). The molecule has 1 amide bonds. The van der Waals surface area contributed by atoms with Crippen LogP contribution in [0.3, 0.4) is 0 Å². The van der Waals surface area contributed by atoms with E-state index in [0.29, 0.717) is 18.7 Å². The van der Waals surface area contributed by atoms with Crippen LogP contribution in [0.1, 0.15) is 28.8 Å². The summed E-state index contributed by atoms with van der Waals surface area (Å²) in [6.45, 7) is 6.03. The van der Waals surface area contributed by atoms with E-state index in [0.717, 1.165) is 39.5 Å². The lowest BCUT2D eigenvalue weighted by Crippen LogP contribution is -2.12. The number of anilines is 1. The number of carbonyl (C=O) groups excluding carboxylic acids is 1. The second-order valence-corrected chi connectivity index (χ2v) is 7.90. The number of nitrogens with one attached hydrogen (secondary N) is 1. The predicted octanol–water partition coefficient (Wildman–Crippen LogP) is 6.16. The molecule has 1 heterocycles. The van der Waals surface area contributed by atoms with E-state index >= 15 is 0 Å². The number of para-hydroxylation sites is 2. The maximum absolute atomic E-state index is 12.6. The third kappa shape index (κ3) is 4.89. The molecule has 0 bridgehead atoms. The van der Waals surface area contributed by atoms with E-state index in [1.807, 2.05) is 85.3 Å². The fraction of sp³-hybridized carbons (Fsp3) is 0.185. The van der Waals surface area contributed by atoms with Crippen molar-refractivity contribution in [1.82, 2.24) is 9.78 Å². The van der Waals surface area contributed by atoms with Crippen LogP contribution in [0, 0.1) is 20.8 Å². The number of benzene rings is 3. The van der Waals surface area contributed by atoms with Crippen molar-refractivity contribution in [3.05, 3.63) is 101 Å². The summed E-state index contributed by atoms with van der Waals surface area (Å²) in [5, 5.41) is 7.72. The number of carbonyl (C=O) groups is 1. The zero-order valence-corrected chi connectivity index (χ0v) is 18.6. The Bertz CT molecular complexity index is 1230. The summed E-state index contributed by atoms with van der Waals surface area (Å²) in [6.07, 6.45) is 0.858. The van der Waals surface area contributed by atoms with Crippen molar-refractivity contribution in [2.45, 2.75) is 33.6 Å². The lowest BCUT2D eigenvalue weighted by molar-refractivity contribution is -0.116. The monoisotopic (exact) mass is 425 g/mol. The van der Waals surface area contributed by atoms with Gasteiger partial charge in [-0.1, -0.05) is 48.5 Å². The van der Waals surface area contributed by atoms with Gasteiger partial charge in [0.2, 0.25) is 11.8 Å². The molecule has 0 spiro atoms. The Balaban J connectivity index is 1.65. The van der Waals surface area contributed by atoms with Gasteiger partial charge in [-0.25, -0.2) is 4.68 Å². The van der Waals surface area contributed by atoms with E-state index in [2.05, 4.69) is 24.4 Å². The van der Waals surface area contributed by atoms with Crippen LogP contribution in [0.5, 0.6) is 11.6 Å². The Morgan fingerprint density at radius 2 is 1.69 bits per heavy atom. The van der Waals surface area contributed by atoms with Crippen LogP contribution in [0.25, 0.3) is 5.69 Å². The van der Waals surface area contributed by atoms with Crippen LogP contribution in [-0.2, 0) is 11.2 Å². The molecule has 0 saturated heterocycles. The largest absolute Gasteiger partial charge is 0.438 e. The summed E-state index contributed by atoms with van der Waals surface area (Å²) in [7, 11) is 0. The quantitative estimate of drug-likeness (QED) is 0.386. The molecule has 0 aliphatic rings. The molecule has 0 aliphatic carbocycles. The van der Waals surface area contributed by atoms with Crippen LogP contribution < -0.4 is 10.1 Å². The zero-order valence-electron chi connectivity index (χ0n) is 18.6. The van der Waals surface area contributed by atoms with Crippen molar-refractivity contribution in [1.29, 1.82) is 0 Å². The van der Waals surface area contributed by atoms with Gasteiger partial charge in [-0.05, 0) is 68.7 Å². The van der Waals surface area contributed by atoms with Crippen LogP contribution >= 0.6 is 0 Å². The minimum absolute atomic E-state index is 0.0410. The molecule has 4 aromatic rings. The second-order valence-electron chi connectivity index (χ2n) is 7.90. The minimum atomic E-state index is -0.0410. The van der Waals surface area contributed by atoms with Gasteiger partial charge in [-0.3, -0.25) is 4.79 Å². The fourth-order valence-electron chi connectivity index (χ4n) is 3.62. The average molecular weight is 426 g/mol. The SMILES string of the molecule is Cc1cccc(-n2nc(C)c(CCC(=O)Nc3ccccc3)c2Oc2ccccc2C)c1. The van der Waals surface area contributed by atoms with E-state index in [9.17, 15) is 4.79 Å². The Kier molecular flexibility index (Phi) is 6.36. The van der Waals surface area contributed by atoms with Crippen molar-refractivity contribution in [3.63, 3.8) is 0 Å². The summed E-state index contributed by atoms with van der Waals surface area (Å²) < 4.78 is 8.24. The second kappa shape index (κ2) is 9.52. The van der Waals surface area contributed by atoms with Crippen LogP contribution in [0.15, 0.2) is 78.9 Å². The molecule has 162 valence electrons. The highest BCUT2D eigenvalue weighted by molar-refractivity contribution is 5.90. The van der Waals surface area contributed by atoms with Crippen molar-refractivity contribution >= 4 is 11.6 Å². The van der Waals surface area contributed by atoms with Gasteiger partial charge >= 0.3 is 0 Å². The molecule has 1 aromatic heterocycles. The number of amides is 1. The molecule has 5 nitrogen and oxygen atoms in total. The Hall–Kier alpha value is -3.86. The summed E-state index contributed by atoms with van der Waals surface area (Å²) >= 11 is 0. The lowest BCUT2D eigenvalue weighted by Gasteiger charge is -2.13. The summed E-state index contributed by atoms with van der Waals surface area (Å²) in [6, 6.07) is 25.5. The molecule has 0 atom stereocenters. The van der Waals surface area contributed by atoms with E-state index in [-0.39, 0.29) is 5.91 Å². The predicted molar refractivity (Wildman–Crippen MR) is 128 cm³/mol. The Morgan fingerprint density at radius 3 is 2.44 bits per heavy atom. The summed E-state index contributed by atoms with van der Waals surface area (Å²) in [4.78, 5) is 12.6. The van der Waals surface area contributed by atoms with E-state index < -0.39 is 0 Å². The third-order valence-electron chi connectivity index (χ3n) is 5.34. The molecule has 0 saturated carbocycles. The molecule has 32 heavy (non-hydrogen) atoms. The molecule has 0 unspecified atom stereocenters. The first-order valence-corrected chi connectivity index (χ1v) is 10.7. The average Bonchev–Trinajstić information content (AvgIpc) is 3.09. The van der Waals surface area contributed by atoms with Crippen LogP contribution in [0.2, 0.25) is 0 Å². The van der Waals surface area contributed by atoms with Gasteiger partial charge < -0.3 is 10.1 Å². The van der Waals surface area contributed by atoms with Gasteiger partial charge in [0.25, 0.3) is 0 Å². The van der Waals surface area contributed by atoms with Gasteiger partial charge in [0.15, 0.2) is 0 Å². The van der Waals surface area contributed by atoms with Crippen molar-refractivity contribution < 1.29 is 9.53 Å². The zero-order chi connectivity index (χ0) is 22.5. The number of hydrogen-bond acceptors (Lipinski definition) is 3. The Morgan fingerprint density at radius 1 is 0.938 bits per heavy atom. The van der Waals surface area contributed by atoms with Crippen molar-refractivity contribution in [2.75, 3.05) is 5.32 Å².